The van der Waals surface area contributed by atoms with Gasteiger partial charge >= 0.3 is 0 Å². The quantitative estimate of drug-likeness (QED) is 0.376. The van der Waals surface area contributed by atoms with E-state index in [9.17, 15) is 4.79 Å². The second-order valence-electron chi connectivity index (χ2n) is 7.03. The standard InChI is InChI=1S/C22H25Cl2N3OS.ClH/c1-5-26(6-2)9-10-27(21(28)17-8-7-16(23)13-18(17)24)22-25-20-15(4)11-14(3)12-19(20)29-22;/h7-8,11-13H,5-6,9-10H2,1-4H3;1H. The number of amides is 1. The highest BCUT2D eigenvalue weighted by Gasteiger charge is 2.24. The maximum Gasteiger partial charge on any atom is 0.261 e. The Morgan fingerprint density at radius 1 is 1.07 bits per heavy atom. The van der Waals surface area contributed by atoms with Crippen molar-refractivity contribution >= 4 is 68.2 Å². The number of thiazole rings is 1. The first-order valence-electron chi connectivity index (χ1n) is 9.71. The molecule has 162 valence electrons. The van der Waals surface area contributed by atoms with Crippen molar-refractivity contribution in [3.8, 4) is 0 Å². The molecule has 3 rings (SSSR count). The van der Waals surface area contributed by atoms with E-state index < -0.39 is 0 Å². The van der Waals surface area contributed by atoms with Gasteiger partial charge in [0.05, 0.1) is 20.8 Å². The maximum absolute atomic E-state index is 13.4. The van der Waals surface area contributed by atoms with Crippen molar-refractivity contribution in [1.82, 2.24) is 9.88 Å². The molecule has 0 aliphatic rings. The van der Waals surface area contributed by atoms with Crippen LogP contribution in [0.3, 0.4) is 0 Å². The van der Waals surface area contributed by atoms with E-state index in [1.807, 2.05) is 0 Å². The molecule has 0 bridgehead atoms. The lowest BCUT2D eigenvalue weighted by atomic mass is 10.1. The van der Waals surface area contributed by atoms with E-state index in [0.29, 0.717) is 27.3 Å². The monoisotopic (exact) mass is 485 g/mol. The largest absolute Gasteiger partial charge is 0.302 e. The second-order valence-corrected chi connectivity index (χ2v) is 8.89. The summed E-state index contributed by atoms with van der Waals surface area (Å²) in [6, 6.07) is 9.20. The average Bonchev–Trinajstić information content (AvgIpc) is 3.09. The fourth-order valence-electron chi connectivity index (χ4n) is 3.35. The van der Waals surface area contributed by atoms with Crippen molar-refractivity contribution in [2.24, 2.45) is 0 Å². The number of carbonyl (C=O) groups excluding carboxylic acids is 1. The van der Waals surface area contributed by atoms with Crippen LogP contribution < -0.4 is 4.90 Å². The van der Waals surface area contributed by atoms with Crippen LogP contribution in [0, 0.1) is 13.8 Å². The Bertz CT molecular complexity index is 1030. The van der Waals surface area contributed by atoms with Gasteiger partial charge in [-0.15, -0.1) is 12.4 Å². The molecule has 0 fully saturated rings. The van der Waals surface area contributed by atoms with Crippen molar-refractivity contribution in [2.75, 3.05) is 31.1 Å². The molecule has 0 spiro atoms. The van der Waals surface area contributed by atoms with E-state index in [2.05, 4.69) is 44.7 Å². The highest BCUT2D eigenvalue weighted by Crippen LogP contribution is 2.33. The predicted molar refractivity (Wildman–Crippen MR) is 132 cm³/mol. The van der Waals surface area contributed by atoms with E-state index in [-0.39, 0.29) is 18.3 Å². The Labute approximate surface area is 198 Å². The fraction of sp³-hybridized carbons (Fsp3) is 0.364. The third kappa shape index (κ3) is 5.45. The normalized spacial score (nSPS) is 11.0. The van der Waals surface area contributed by atoms with Gasteiger partial charge in [-0.1, -0.05) is 54.5 Å². The van der Waals surface area contributed by atoms with Gasteiger partial charge in [0.15, 0.2) is 5.13 Å². The van der Waals surface area contributed by atoms with Crippen LogP contribution in [0.1, 0.15) is 35.3 Å². The lowest BCUT2D eigenvalue weighted by molar-refractivity contribution is 0.0984. The third-order valence-corrected chi connectivity index (χ3v) is 6.56. The van der Waals surface area contributed by atoms with E-state index in [1.165, 1.54) is 16.9 Å². The maximum atomic E-state index is 13.4. The molecule has 0 N–H and O–H groups in total. The molecule has 3 aromatic rings. The molecule has 1 aromatic heterocycles. The summed E-state index contributed by atoms with van der Waals surface area (Å²) in [5.41, 5.74) is 3.68. The number of anilines is 1. The lowest BCUT2D eigenvalue weighted by Crippen LogP contribution is -2.39. The predicted octanol–water partition coefficient (Wildman–Crippen LogP) is 6.63. The van der Waals surface area contributed by atoms with Gasteiger partial charge in [-0.2, -0.15) is 0 Å². The topological polar surface area (TPSA) is 36.4 Å². The first-order chi connectivity index (χ1) is 13.8. The minimum atomic E-state index is -0.160. The van der Waals surface area contributed by atoms with Gasteiger partial charge in [0, 0.05) is 18.1 Å². The molecular formula is C22H26Cl3N3OS. The molecule has 0 saturated carbocycles. The van der Waals surface area contributed by atoms with Gasteiger partial charge in [0.25, 0.3) is 5.91 Å². The molecule has 0 aliphatic heterocycles. The van der Waals surface area contributed by atoms with Crippen molar-refractivity contribution < 1.29 is 4.79 Å². The Morgan fingerprint density at radius 2 is 1.77 bits per heavy atom. The molecule has 1 amide bonds. The summed E-state index contributed by atoms with van der Waals surface area (Å²) in [6.07, 6.45) is 0. The number of aromatic nitrogens is 1. The molecule has 30 heavy (non-hydrogen) atoms. The van der Waals surface area contributed by atoms with Gasteiger partial charge in [-0.3, -0.25) is 9.69 Å². The summed E-state index contributed by atoms with van der Waals surface area (Å²) in [6.45, 7) is 11.5. The Hall–Kier alpha value is -1.37. The van der Waals surface area contributed by atoms with Crippen LogP contribution in [0.2, 0.25) is 10.0 Å². The highest BCUT2D eigenvalue weighted by atomic mass is 35.5. The van der Waals surface area contributed by atoms with Crippen molar-refractivity contribution in [3.63, 3.8) is 0 Å². The fourth-order valence-corrected chi connectivity index (χ4v) is 5.00. The lowest BCUT2D eigenvalue weighted by Gasteiger charge is -2.25. The van der Waals surface area contributed by atoms with Crippen LogP contribution in [0.25, 0.3) is 10.2 Å². The van der Waals surface area contributed by atoms with Crippen molar-refractivity contribution in [2.45, 2.75) is 27.7 Å². The molecule has 4 nitrogen and oxygen atoms in total. The summed E-state index contributed by atoms with van der Waals surface area (Å²) in [7, 11) is 0. The van der Waals surface area contributed by atoms with Crippen LogP contribution in [-0.4, -0.2) is 42.0 Å². The number of rotatable bonds is 7. The van der Waals surface area contributed by atoms with Gasteiger partial charge in [-0.05, 0) is 62.3 Å². The third-order valence-electron chi connectivity index (χ3n) is 4.99. The van der Waals surface area contributed by atoms with Crippen molar-refractivity contribution in [1.29, 1.82) is 0 Å². The number of hydrogen-bond acceptors (Lipinski definition) is 4. The molecule has 2 aromatic carbocycles. The molecular weight excluding hydrogens is 461 g/mol. The van der Waals surface area contributed by atoms with Crippen molar-refractivity contribution in [3.05, 3.63) is 57.1 Å². The van der Waals surface area contributed by atoms with Crippen LogP contribution in [0.4, 0.5) is 5.13 Å². The van der Waals surface area contributed by atoms with E-state index in [4.69, 9.17) is 28.2 Å². The summed E-state index contributed by atoms with van der Waals surface area (Å²) in [5, 5.41) is 1.55. The van der Waals surface area contributed by atoms with E-state index >= 15 is 0 Å². The Kier molecular flexibility index (Phi) is 8.95. The first kappa shape index (κ1) is 24.9. The number of fused-ring (bicyclic) bond motifs is 1. The second kappa shape index (κ2) is 10.8. The molecule has 0 unspecified atom stereocenters. The van der Waals surface area contributed by atoms with Crippen LogP contribution >= 0.6 is 46.9 Å². The molecule has 0 atom stereocenters. The van der Waals surface area contributed by atoms with Crippen LogP contribution in [0.5, 0.6) is 0 Å². The smallest absolute Gasteiger partial charge is 0.261 e. The number of halogens is 3. The molecule has 8 heteroatoms. The highest BCUT2D eigenvalue weighted by molar-refractivity contribution is 7.22. The molecule has 0 saturated heterocycles. The first-order valence-corrected chi connectivity index (χ1v) is 11.3. The number of likely N-dealkylation sites (N-methyl/N-ethyl adjacent to an activating group) is 1. The molecule has 0 radical (unpaired) electrons. The van der Waals surface area contributed by atoms with Crippen LogP contribution in [-0.2, 0) is 0 Å². The average molecular weight is 487 g/mol. The number of hydrogen-bond donors (Lipinski definition) is 0. The summed E-state index contributed by atoms with van der Waals surface area (Å²) >= 11 is 13.9. The Balaban J connectivity index is 0.00000320. The number of nitrogens with zero attached hydrogens (tertiary/aromatic N) is 3. The summed E-state index contributed by atoms with van der Waals surface area (Å²) in [5.74, 6) is -0.160. The van der Waals surface area contributed by atoms with E-state index in [0.717, 1.165) is 35.4 Å². The van der Waals surface area contributed by atoms with Gasteiger partial charge in [0.1, 0.15) is 0 Å². The molecule has 0 aliphatic carbocycles. The van der Waals surface area contributed by atoms with Gasteiger partial charge in [-0.25, -0.2) is 4.98 Å². The van der Waals surface area contributed by atoms with E-state index in [1.54, 1.807) is 23.1 Å². The number of benzene rings is 2. The minimum Gasteiger partial charge on any atom is -0.302 e. The van der Waals surface area contributed by atoms with Crippen LogP contribution in [0.15, 0.2) is 30.3 Å². The Morgan fingerprint density at radius 3 is 2.40 bits per heavy atom. The number of carbonyl (C=O) groups is 1. The van der Waals surface area contributed by atoms with Gasteiger partial charge < -0.3 is 4.90 Å². The zero-order chi connectivity index (χ0) is 21.1. The summed E-state index contributed by atoms with van der Waals surface area (Å²) in [4.78, 5) is 22.3. The zero-order valence-corrected chi connectivity index (χ0v) is 20.7. The number of aryl methyl sites for hydroxylation is 2. The zero-order valence-electron chi connectivity index (χ0n) is 17.5. The van der Waals surface area contributed by atoms with Gasteiger partial charge in [0.2, 0.25) is 0 Å². The minimum absolute atomic E-state index is 0. The summed E-state index contributed by atoms with van der Waals surface area (Å²) < 4.78 is 1.08. The SMILES string of the molecule is CCN(CC)CCN(C(=O)c1ccc(Cl)cc1Cl)c1nc2c(C)cc(C)cc2s1.Cl. The molecule has 1 heterocycles.